The summed E-state index contributed by atoms with van der Waals surface area (Å²) in [5, 5.41) is 9.20. The maximum atomic E-state index is 13.1. The predicted octanol–water partition coefficient (Wildman–Crippen LogP) is 1.46. The average molecular weight is 412 g/mol. The van der Waals surface area contributed by atoms with Crippen molar-refractivity contribution in [3.8, 4) is 6.07 Å². The van der Waals surface area contributed by atoms with Crippen molar-refractivity contribution in [1.82, 2.24) is 14.8 Å². The number of oxazole rings is 1. The lowest BCUT2D eigenvalue weighted by molar-refractivity contribution is -0.132. The van der Waals surface area contributed by atoms with Crippen LogP contribution in [0.2, 0.25) is 0 Å². The topological polar surface area (TPSA) is 79.9 Å². The van der Waals surface area contributed by atoms with E-state index < -0.39 is 0 Å². The van der Waals surface area contributed by atoms with Crippen LogP contribution >= 0.6 is 0 Å². The minimum atomic E-state index is -0.231. The number of carbonyl (C=O) groups excluding carboxylic acids is 1. The number of amides is 1. The van der Waals surface area contributed by atoms with Crippen molar-refractivity contribution in [1.29, 1.82) is 5.26 Å². The van der Waals surface area contributed by atoms with Gasteiger partial charge in [-0.2, -0.15) is 5.26 Å². The molecule has 2 aromatic rings. The zero-order valence-electron chi connectivity index (χ0n) is 17.1. The van der Waals surface area contributed by atoms with E-state index in [4.69, 9.17) is 4.42 Å². The molecular formula is C21H25FN6O2. The fourth-order valence-corrected chi connectivity index (χ4v) is 3.97. The summed E-state index contributed by atoms with van der Waals surface area (Å²) in [6.45, 7) is 7.78. The van der Waals surface area contributed by atoms with Crippen molar-refractivity contribution in [3.63, 3.8) is 0 Å². The second-order valence-corrected chi connectivity index (χ2v) is 7.61. The first-order valence-electron chi connectivity index (χ1n) is 10.2. The van der Waals surface area contributed by atoms with Crippen LogP contribution in [0.4, 0.5) is 16.0 Å². The lowest BCUT2D eigenvalue weighted by Crippen LogP contribution is -2.54. The molecular weight excluding hydrogens is 387 g/mol. The Labute approximate surface area is 175 Å². The van der Waals surface area contributed by atoms with E-state index in [0.29, 0.717) is 50.2 Å². The zero-order valence-corrected chi connectivity index (χ0v) is 17.1. The van der Waals surface area contributed by atoms with Crippen molar-refractivity contribution >= 4 is 17.5 Å². The number of aryl methyl sites for hydroxylation is 1. The van der Waals surface area contributed by atoms with Gasteiger partial charge in [0.25, 0.3) is 0 Å². The van der Waals surface area contributed by atoms with Gasteiger partial charge in [-0.25, -0.2) is 9.37 Å². The van der Waals surface area contributed by atoms with E-state index in [1.54, 1.807) is 19.1 Å². The van der Waals surface area contributed by atoms with Gasteiger partial charge in [-0.1, -0.05) is 0 Å². The van der Waals surface area contributed by atoms with Gasteiger partial charge in [0.05, 0.1) is 6.54 Å². The van der Waals surface area contributed by atoms with Crippen molar-refractivity contribution in [2.24, 2.45) is 0 Å². The Morgan fingerprint density at radius 1 is 1.07 bits per heavy atom. The SMILES string of the molecule is Cc1nc(C#N)c(N2CCN(C(=O)CN3CCN(c4ccc(F)cc4)CC3)CC2)o1. The molecule has 2 aliphatic heterocycles. The van der Waals surface area contributed by atoms with Crippen LogP contribution in [0.5, 0.6) is 0 Å². The van der Waals surface area contributed by atoms with Gasteiger partial charge in [0, 0.05) is 65.0 Å². The first-order chi connectivity index (χ1) is 14.5. The summed E-state index contributed by atoms with van der Waals surface area (Å²) in [6.07, 6.45) is 0. The number of piperazine rings is 2. The first kappa shape index (κ1) is 20.2. The Morgan fingerprint density at radius 3 is 2.33 bits per heavy atom. The van der Waals surface area contributed by atoms with Crippen molar-refractivity contribution in [2.75, 3.05) is 68.7 Å². The van der Waals surface area contributed by atoms with Crippen LogP contribution in [0.15, 0.2) is 28.7 Å². The number of halogens is 1. The number of hydrogen-bond acceptors (Lipinski definition) is 7. The largest absolute Gasteiger partial charge is 0.424 e. The highest BCUT2D eigenvalue weighted by molar-refractivity contribution is 5.78. The number of hydrogen-bond donors (Lipinski definition) is 0. The van der Waals surface area contributed by atoms with Crippen LogP contribution in [0.1, 0.15) is 11.6 Å². The standard InChI is InChI=1S/C21H25FN6O2/c1-16-24-19(14-23)21(30-16)28-12-10-27(11-13-28)20(29)15-25-6-8-26(9-7-25)18-4-2-17(22)3-5-18/h2-5H,6-13,15H2,1H3. The van der Waals surface area contributed by atoms with E-state index in [1.165, 1.54) is 12.1 Å². The fourth-order valence-electron chi connectivity index (χ4n) is 3.97. The average Bonchev–Trinajstić information content (AvgIpc) is 3.16. The van der Waals surface area contributed by atoms with Gasteiger partial charge in [0.2, 0.25) is 17.5 Å². The first-order valence-corrected chi connectivity index (χ1v) is 10.2. The number of rotatable bonds is 4. The van der Waals surface area contributed by atoms with Gasteiger partial charge in [-0.05, 0) is 24.3 Å². The highest BCUT2D eigenvalue weighted by Crippen LogP contribution is 2.23. The third-order valence-electron chi connectivity index (χ3n) is 5.66. The van der Waals surface area contributed by atoms with E-state index in [9.17, 15) is 14.4 Å². The van der Waals surface area contributed by atoms with Gasteiger partial charge >= 0.3 is 0 Å². The number of benzene rings is 1. The molecule has 3 heterocycles. The molecule has 158 valence electrons. The molecule has 1 aromatic heterocycles. The van der Waals surface area contributed by atoms with E-state index in [2.05, 4.69) is 20.9 Å². The minimum absolute atomic E-state index is 0.124. The maximum Gasteiger partial charge on any atom is 0.236 e. The van der Waals surface area contributed by atoms with Gasteiger partial charge < -0.3 is 19.1 Å². The molecule has 8 nitrogen and oxygen atoms in total. The van der Waals surface area contributed by atoms with Crippen LogP contribution in [-0.2, 0) is 4.79 Å². The number of nitriles is 1. The fraction of sp³-hybridized carbons (Fsp3) is 0.476. The Morgan fingerprint density at radius 2 is 1.70 bits per heavy atom. The van der Waals surface area contributed by atoms with Gasteiger partial charge in [-0.15, -0.1) is 0 Å². The third kappa shape index (κ3) is 4.39. The summed E-state index contributed by atoms with van der Waals surface area (Å²) in [5.74, 6) is 0.864. The Kier molecular flexibility index (Phi) is 5.86. The van der Waals surface area contributed by atoms with Crippen molar-refractivity contribution in [2.45, 2.75) is 6.92 Å². The molecule has 0 aliphatic carbocycles. The second-order valence-electron chi connectivity index (χ2n) is 7.61. The summed E-state index contributed by atoms with van der Waals surface area (Å²) < 4.78 is 18.7. The van der Waals surface area contributed by atoms with Crippen LogP contribution in [0.3, 0.4) is 0 Å². The molecule has 0 bridgehead atoms. The van der Waals surface area contributed by atoms with Crippen LogP contribution in [0, 0.1) is 24.1 Å². The summed E-state index contributed by atoms with van der Waals surface area (Å²) >= 11 is 0. The van der Waals surface area contributed by atoms with E-state index in [0.717, 1.165) is 31.9 Å². The summed E-state index contributed by atoms with van der Waals surface area (Å²) in [6, 6.07) is 8.61. The normalized spacial score (nSPS) is 17.8. The lowest BCUT2D eigenvalue weighted by Gasteiger charge is -2.38. The molecule has 0 atom stereocenters. The molecule has 0 N–H and O–H groups in total. The van der Waals surface area contributed by atoms with Gasteiger partial charge in [0.1, 0.15) is 11.9 Å². The summed E-state index contributed by atoms with van der Waals surface area (Å²) in [4.78, 5) is 25.1. The maximum absolute atomic E-state index is 13.1. The molecule has 30 heavy (non-hydrogen) atoms. The molecule has 0 spiro atoms. The zero-order chi connectivity index (χ0) is 21.1. The summed E-state index contributed by atoms with van der Waals surface area (Å²) in [7, 11) is 0. The Bertz CT molecular complexity index is 922. The summed E-state index contributed by atoms with van der Waals surface area (Å²) in [5.41, 5.74) is 1.31. The third-order valence-corrected chi connectivity index (χ3v) is 5.66. The number of carbonyl (C=O) groups is 1. The predicted molar refractivity (Wildman–Crippen MR) is 110 cm³/mol. The molecule has 9 heteroatoms. The molecule has 1 amide bonds. The van der Waals surface area contributed by atoms with Gasteiger partial charge in [-0.3, -0.25) is 9.69 Å². The van der Waals surface area contributed by atoms with Crippen LogP contribution in [-0.4, -0.2) is 79.6 Å². The van der Waals surface area contributed by atoms with Crippen LogP contribution < -0.4 is 9.80 Å². The molecule has 4 rings (SSSR count). The quantitative estimate of drug-likeness (QED) is 0.752. The van der Waals surface area contributed by atoms with Crippen LogP contribution in [0.25, 0.3) is 0 Å². The van der Waals surface area contributed by atoms with Crippen molar-refractivity contribution in [3.05, 3.63) is 41.7 Å². The van der Waals surface area contributed by atoms with E-state index in [1.807, 2.05) is 9.80 Å². The molecule has 1 aromatic carbocycles. The van der Waals surface area contributed by atoms with Gasteiger partial charge in [0.15, 0.2) is 5.89 Å². The molecule has 2 aliphatic rings. The molecule has 0 unspecified atom stereocenters. The highest BCUT2D eigenvalue weighted by atomic mass is 19.1. The lowest BCUT2D eigenvalue weighted by atomic mass is 10.2. The minimum Gasteiger partial charge on any atom is -0.424 e. The molecule has 0 saturated carbocycles. The number of anilines is 2. The highest BCUT2D eigenvalue weighted by Gasteiger charge is 2.27. The Balaban J connectivity index is 1.24. The molecule has 2 saturated heterocycles. The smallest absolute Gasteiger partial charge is 0.236 e. The monoisotopic (exact) mass is 412 g/mol. The number of nitrogens with zero attached hydrogens (tertiary/aromatic N) is 6. The van der Waals surface area contributed by atoms with Crippen molar-refractivity contribution < 1.29 is 13.6 Å². The second kappa shape index (κ2) is 8.71. The molecule has 0 radical (unpaired) electrons. The number of aromatic nitrogens is 1. The Hall–Kier alpha value is -3.12. The molecule has 2 fully saturated rings. The van der Waals surface area contributed by atoms with E-state index in [-0.39, 0.29) is 11.7 Å². The van der Waals surface area contributed by atoms with E-state index >= 15 is 0 Å².